The Morgan fingerprint density at radius 1 is 0.452 bits per heavy atom. The van der Waals surface area contributed by atoms with E-state index in [-0.39, 0.29) is 133 Å². The van der Waals surface area contributed by atoms with E-state index in [2.05, 4.69) is 37.2 Å². The molecule has 3 heterocycles. The molecule has 0 bridgehead atoms. The number of hydrogen-bond acceptors (Lipinski definition) is 16. The Morgan fingerprint density at radius 3 is 1.18 bits per heavy atom. The van der Waals surface area contributed by atoms with Gasteiger partial charge < -0.3 is 86.9 Å². The smallest absolute Gasteiger partial charge is 0.326 e. The summed E-state index contributed by atoms with van der Waals surface area (Å²) in [6.07, 6.45) is -2.71. The number of carboxylic acids is 3. The van der Waals surface area contributed by atoms with E-state index in [1.54, 1.807) is 41.9 Å². The van der Waals surface area contributed by atoms with E-state index >= 15 is 0 Å². The summed E-state index contributed by atoms with van der Waals surface area (Å²) in [4.78, 5) is 163. The molecule has 0 aliphatic heterocycles. The van der Waals surface area contributed by atoms with Gasteiger partial charge >= 0.3 is 23.9 Å². The van der Waals surface area contributed by atoms with Crippen molar-refractivity contribution in [1.82, 2.24) is 56.2 Å². The molecule has 0 aliphatic rings. The van der Waals surface area contributed by atoms with Gasteiger partial charge in [-0.2, -0.15) is 0 Å². The molecule has 0 fully saturated rings. The molecule has 8 amide bonds. The predicted molar refractivity (Wildman–Crippen MR) is 298 cm³/mol. The number of carbonyl (C=O) groups excluding carboxylic acids is 7. The third kappa shape index (κ3) is 22.2. The highest BCUT2D eigenvalue weighted by atomic mass is 16.4. The highest BCUT2D eigenvalue weighted by Crippen LogP contribution is 2.27. The molecule has 0 spiro atoms. The van der Waals surface area contributed by atoms with Crippen LogP contribution in [0.1, 0.15) is 130 Å². The first-order valence-corrected chi connectivity index (χ1v) is 27.0. The van der Waals surface area contributed by atoms with Gasteiger partial charge in [-0.15, -0.1) is 0 Å². The molecule has 0 saturated carbocycles. The maximum atomic E-state index is 13.9. The molecule has 3 aromatic heterocycles. The van der Waals surface area contributed by atoms with Crippen LogP contribution >= 0.6 is 0 Å². The summed E-state index contributed by atoms with van der Waals surface area (Å²) >= 11 is 0. The number of amides is 8. The molecule has 30 heteroatoms. The average Bonchev–Trinajstić information content (AvgIpc) is 3.03. The maximum Gasteiger partial charge on any atom is 0.326 e. The standard InChI is InChI=1S/C54H77N11O19/c1-30-24-38(66)48(77)35(63(30)4)27-57-43(71)15-19-54(20-16-44(72)58-28-36-49(78)39(67)25-31(2)64(36)5,21-17-45(73)59-29-37-50(79)40(68)26-32(3)65(37)6)62-46(74)18-23-56-42(70)12-9-11-41(69)55-22-8-7-10-33(51(80)81)60-53(84)61-34(52(82)83)13-14-47(75)76/h24-26,33-34,77-79H,7-23,27-29H2,1-6H3,(H,55,69)(H,56,70)(H,57,71)(H,58,72)(H,59,73)(H,62,74)(H,75,76)(H,80,81)(H,82,83)(H2,60,61,84)/t33-,34-/m0/s1. The van der Waals surface area contributed by atoms with Crippen molar-refractivity contribution in [3.63, 3.8) is 0 Å². The molecule has 0 radical (unpaired) electrons. The van der Waals surface area contributed by atoms with Crippen LogP contribution in [0.15, 0.2) is 32.6 Å². The first kappa shape index (κ1) is 69.0. The number of nitrogens with zero attached hydrogens (tertiary/aromatic N) is 3. The Labute approximate surface area is 481 Å². The number of aromatic hydroxyl groups is 3. The number of aromatic nitrogens is 3. The fourth-order valence-electron chi connectivity index (χ4n) is 8.75. The van der Waals surface area contributed by atoms with Gasteiger partial charge in [-0.1, -0.05) is 0 Å². The molecule has 14 N–H and O–H groups in total. The number of pyridine rings is 3. The molecule has 2 atom stereocenters. The van der Waals surface area contributed by atoms with Gasteiger partial charge in [-0.25, -0.2) is 14.4 Å². The zero-order chi connectivity index (χ0) is 63.0. The van der Waals surface area contributed by atoms with Crippen LogP contribution < -0.4 is 58.8 Å². The van der Waals surface area contributed by atoms with Crippen LogP contribution in [-0.4, -0.2) is 134 Å². The van der Waals surface area contributed by atoms with Gasteiger partial charge in [-0.05, 0) is 72.1 Å². The Balaban J connectivity index is 1.70. The number of rotatable bonds is 35. The highest BCUT2D eigenvalue weighted by molar-refractivity contribution is 5.86. The topological polar surface area (TPSA) is 454 Å². The first-order valence-electron chi connectivity index (χ1n) is 27.0. The first-order chi connectivity index (χ1) is 39.4. The third-order valence-corrected chi connectivity index (χ3v) is 14.2. The lowest BCUT2D eigenvalue weighted by molar-refractivity contribution is -0.141. The second-order valence-electron chi connectivity index (χ2n) is 20.3. The highest BCUT2D eigenvalue weighted by Gasteiger charge is 2.34. The van der Waals surface area contributed by atoms with Crippen molar-refractivity contribution < 1.29 is 78.6 Å². The summed E-state index contributed by atoms with van der Waals surface area (Å²) in [6.45, 7) is 3.93. The molecule has 0 saturated heterocycles. The van der Waals surface area contributed by atoms with Crippen LogP contribution in [0.2, 0.25) is 0 Å². The molecule has 0 unspecified atom stereocenters. The van der Waals surface area contributed by atoms with Crippen molar-refractivity contribution in [2.75, 3.05) is 13.1 Å². The van der Waals surface area contributed by atoms with E-state index in [9.17, 15) is 87.9 Å². The van der Waals surface area contributed by atoms with Crippen LogP contribution in [0.4, 0.5) is 4.79 Å². The molecule has 84 heavy (non-hydrogen) atoms. The molecule has 462 valence electrons. The van der Waals surface area contributed by atoms with E-state index in [1.807, 2.05) is 5.32 Å². The monoisotopic (exact) mass is 1180 g/mol. The summed E-state index contributed by atoms with van der Waals surface area (Å²) in [5.74, 6) is -9.42. The van der Waals surface area contributed by atoms with Crippen molar-refractivity contribution in [3.05, 3.63) is 83.0 Å². The Morgan fingerprint density at radius 2 is 0.810 bits per heavy atom. The van der Waals surface area contributed by atoms with Gasteiger partial charge in [0.1, 0.15) is 12.1 Å². The second-order valence-corrected chi connectivity index (χ2v) is 20.3. The zero-order valence-electron chi connectivity index (χ0n) is 47.9. The number of nitrogens with one attached hydrogen (secondary N) is 8. The fraction of sp³-hybridized carbons (Fsp3) is 0.537. The molecular weight excluding hydrogens is 1110 g/mol. The van der Waals surface area contributed by atoms with Crippen LogP contribution in [0.5, 0.6) is 17.2 Å². The normalized spacial score (nSPS) is 11.8. The van der Waals surface area contributed by atoms with Crippen molar-refractivity contribution in [2.24, 2.45) is 21.1 Å². The van der Waals surface area contributed by atoms with E-state index in [0.29, 0.717) is 17.1 Å². The number of unbranched alkanes of at least 4 members (excludes halogenated alkanes) is 1. The molecule has 30 nitrogen and oxygen atoms in total. The maximum absolute atomic E-state index is 13.9. The van der Waals surface area contributed by atoms with E-state index in [1.165, 1.54) is 31.9 Å². The predicted octanol–water partition coefficient (Wildman–Crippen LogP) is -0.697. The molecule has 3 aromatic rings. The van der Waals surface area contributed by atoms with Gasteiger partial charge in [0.05, 0.1) is 36.7 Å². The third-order valence-electron chi connectivity index (χ3n) is 14.2. The zero-order valence-corrected chi connectivity index (χ0v) is 47.9. The number of urea groups is 1. The molecule has 0 aromatic carbocycles. The van der Waals surface area contributed by atoms with Crippen molar-refractivity contribution in [3.8, 4) is 17.2 Å². The summed E-state index contributed by atoms with van der Waals surface area (Å²) in [5, 5.41) is 79.4. The minimum atomic E-state index is -1.57. The lowest BCUT2D eigenvalue weighted by Crippen LogP contribution is -2.51. The number of aliphatic carboxylic acids is 3. The molecule has 0 aliphatic carbocycles. The number of carbonyl (C=O) groups is 10. The van der Waals surface area contributed by atoms with Crippen LogP contribution in [0.3, 0.4) is 0 Å². The van der Waals surface area contributed by atoms with Gasteiger partial charge in [0.15, 0.2) is 17.2 Å². The quantitative estimate of drug-likeness (QED) is 0.0324. The SMILES string of the molecule is Cc1cc(=O)c(O)c(CNC(=O)CCC(CCC(=O)NCc2c(O)c(=O)cc(C)n2C)(CCC(=O)NCc2c(O)c(=O)cc(C)n2C)NC(=O)CCNC(=O)CCCC(=O)NCCCC[C@H](NC(=O)N[C@@H](CCC(=O)O)C(=O)O)C(=O)O)n1C. The van der Waals surface area contributed by atoms with Crippen LogP contribution in [-0.2, 0) is 83.9 Å². The largest absolute Gasteiger partial charge is 0.503 e. The number of carboxylic acid groups (broad SMARTS) is 3. The van der Waals surface area contributed by atoms with Crippen LogP contribution in [0, 0.1) is 20.8 Å². The average molecular weight is 1180 g/mol. The number of aryl methyl sites for hydroxylation is 3. The summed E-state index contributed by atoms with van der Waals surface area (Å²) < 4.78 is 4.54. The van der Waals surface area contributed by atoms with E-state index in [0.717, 1.165) is 0 Å². The molecular formula is C54H77N11O19. The van der Waals surface area contributed by atoms with Crippen molar-refractivity contribution in [2.45, 2.75) is 154 Å². The van der Waals surface area contributed by atoms with Crippen molar-refractivity contribution >= 4 is 59.4 Å². The lowest BCUT2D eigenvalue weighted by atomic mass is 9.83. The summed E-state index contributed by atoms with van der Waals surface area (Å²) in [7, 11) is 4.75. The van der Waals surface area contributed by atoms with Gasteiger partial charge in [0.2, 0.25) is 51.7 Å². The summed E-state index contributed by atoms with van der Waals surface area (Å²) in [5.41, 5.74) is -1.72. The van der Waals surface area contributed by atoms with E-state index < -0.39 is 123 Å². The van der Waals surface area contributed by atoms with Crippen LogP contribution in [0.25, 0.3) is 0 Å². The minimum absolute atomic E-state index is 0.0858. The minimum Gasteiger partial charge on any atom is -0.503 e. The fourth-order valence-corrected chi connectivity index (χ4v) is 8.75. The van der Waals surface area contributed by atoms with Gasteiger partial charge in [0, 0.05) is 120 Å². The number of hydrogen-bond donors (Lipinski definition) is 14. The second kappa shape index (κ2) is 33.0. The van der Waals surface area contributed by atoms with Crippen molar-refractivity contribution in [1.29, 1.82) is 0 Å². The Hall–Kier alpha value is -9.25. The molecule has 3 rings (SSSR count). The summed E-state index contributed by atoms with van der Waals surface area (Å²) in [6, 6.07) is -0.459. The van der Waals surface area contributed by atoms with Gasteiger partial charge in [-0.3, -0.25) is 47.9 Å². The Kier molecular flexibility index (Phi) is 27.1. The van der Waals surface area contributed by atoms with E-state index in [4.69, 9.17) is 5.11 Å². The lowest BCUT2D eigenvalue weighted by Gasteiger charge is -2.35. The van der Waals surface area contributed by atoms with Gasteiger partial charge in [0.25, 0.3) is 0 Å². The Bertz CT molecular complexity index is 2890.